The van der Waals surface area contributed by atoms with Crippen LogP contribution in [-0.2, 0) is 59.2 Å². The van der Waals surface area contributed by atoms with E-state index in [-0.39, 0.29) is 51.5 Å². The van der Waals surface area contributed by atoms with Crippen LogP contribution in [0.5, 0.6) is 0 Å². The summed E-state index contributed by atoms with van der Waals surface area (Å²) in [5.41, 5.74) is 5.42. The van der Waals surface area contributed by atoms with E-state index in [1.807, 2.05) is 115 Å². The molecular weight excluding hydrogens is 837 g/mol. The Bertz CT molecular complexity index is 2410. The Morgan fingerprint density at radius 1 is 0.545 bits per heavy atom. The van der Waals surface area contributed by atoms with Crippen LogP contribution in [0.3, 0.4) is 0 Å². The van der Waals surface area contributed by atoms with Crippen molar-refractivity contribution < 1.29 is 38.7 Å². The van der Waals surface area contributed by atoms with E-state index in [1.165, 1.54) is 0 Å². The summed E-state index contributed by atoms with van der Waals surface area (Å²) in [6.07, 6.45) is 0.971. The number of nitrogens with one attached hydrogen (secondary N) is 6. The first kappa shape index (κ1) is 47.9. The third-order valence-corrected chi connectivity index (χ3v) is 11.3. The van der Waals surface area contributed by atoms with Gasteiger partial charge in [0, 0.05) is 50.8 Å². The van der Waals surface area contributed by atoms with Gasteiger partial charge in [-0.2, -0.15) is 0 Å². The summed E-state index contributed by atoms with van der Waals surface area (Å²) in [4.78, 5) is 94.9. The summed E-state index contributed by atoms with van der Waals surface area (Å²) < 4.78 is 0. The van der Waals surface area contributed by atoms with Crippen molar-refractivity contribution in [3.05, 3.63) is 162 Å². The van der Waals surface area contributed by atoms with Gasteiger partial charge in [-0.3, -0.25) is 33.6 Å². The maximum absolute atomic E-state index is 14.7. The van der Waals surface area contributed by atoms with Gasteiger partial charge < -0.3 is 37.0 Å². The molecule has 0 fully saturated rings. The zero-order valence-electron chi connectivity index (χ0n) is 36.7. The number of carbonyl (C=O) groups excluding carboxylic acids is 6. The third-order valence-electron chi connectivity index (χ3n) is 11.3. The molecule has 14 nitrogen and oxygen atoms in total. The zero-order chi connectivity index (χ0) is 46.7. The second kappa shape index (κ2) is 24.5. The molecule has 2 heterocycles. The number of carboxylic acid groups (broad SMARTS) is 1. The fraction of sp³-hybridized carbons (Fsp3) is 0.288. The van der Waals surface area contributed by atoms with Crippen LogP contribution in [0.25, 0.3) is 11.1 Å². The lowest BCUT2D eigenvalue weighted by Gasteiger charge is -2.27. The Hall–Kier alpha value is -7.61. The number of amides is 6. The topological polar surface area (TPSA) is 212 Å². The van der Waals surface area contributed by atoms with Crippen molar-refractivity contribution in [1.82, 2.24) is 26.6 Å². The number of unbranched alkanes of at least 4 members (excludes halogenated alkanes) is 1. The van der Waals surface area contributed by atoms with Crippen molar-refractivity contribution in [3.63, 3.8) is 0 Å². The molecule has 342 valence electrons. The van der Waals surface area contributed by atoms with E-state index < -0.39 is 65.6 Å². The molecule has 5 aromatic carbocycles. The fourth-order valence-corrected chi connectivity index (χ4v) is 7.63. The highest BCUT2D eigenvalue weighted by molar-refractivity contribution is 5.97. The van der Waals surface area contributed by atoms with Gasteiger partial charge in [0.1, 0.15) is 24.2 Å². The van der Waals surface area contributed by atoms with Crippen molar-refractivity contribution in [2.75, 3.05) is 11.9 Å². The Morgan fingerprint density at radius 3 is 1.71 bits per heavy atom. The van der Waals surface area contributed by atoms with Gasteiger partial charge in [0.15, 0.2) is 0 Å². The number of carbonyl (C=O) groups is 7. The standard InChI is InChI=1S/C52H56N6O8/c59-46-29-30-47(60)55-44(32-36-14-6-2-7-15-36)51(65)58-45(34-37-19-24-40(25-20-37)39-16-8-3-9-17-39)52(66)56-42(28-23-35-12-4-1-5-13-35)50(64)57-43(33-38-21-26-41(54-46)27-22-38)49(63)53-31-11-10-18-48(61)62/h1-9,12-17,19-22,24-27,42-45H,10-11,18,23,28-34H2,(H,53,63)(H,54,59)(H,55,60)(H,56,66)(H,57,64)(H,58,65)(H,61,62). The van der Waals surface area contributed by atoms with Crippen LogP contribution in [0.1, 0.15) is 60.8 Å². The summed E-state index contributed by atoms with van der Waals surface area (Å²) in [5.74, 6) is -4.36. The molecule has 14 heteroatoms. The molecule has 0 spiro atoms. The minimum absolute atomic E-state index is 0.0224. The van der Waals surface area contributed by atoms with E-state index in [1.54, 1.807) is 24.3 Å². The molecule has 7 rings (SSSR count). The predicted octanol–water partition coefficient (Wildman–Crippen LogP) is 5.06. The van der Waals surface area contributed by atoms with Crippen molar-refractivity contribution in [1.29, 1.82) is 0 Å². The number of benzene rings is 5. The van der Waals surface area contributed by atoms with Crippen molar-refractivity contribution in [3.8, 4) is 11.1 Å². The number of aliphatic carboxylic acids is 1. The largest absolute Gasteiger partial charge is 0.481 e. The number of hydrogen-bond donors (Lipinski definition) is 7. The Labute approximate surface area is 384 Å². The normalized spacial score (nSPS) is 18.6. The van der Waals surface area contributed by atoms with E-state index in [9.17, 15) is 33.6 Å². The molecular formula is C52H56N6O8. The molecule has 0 aliphatic carbocycles. The van der Waals surface area contributed by atoms with Crippen molar-refractivity contribution >= 4 is 47.1 Å². The molecule has 5 aromatic rings. The van der Waals surface area contributed by atoms with Crippen LogP contribution < -0.4 is 31.9 Å². The molecule has 2 aliphatic rings. The van der Waals surface area contributed by atoms with Crippen LogP contribution >= 0.6 is 0 Å². The van der Waals surface area contributed by atoms with Crippen LogP contribution in [0.15, 0.2) is 140 Å². The van der Waals surface area contributed by atoms with Gasteiger partial charge in [-0.05, 0) is 71.2 Å². The van der Waals surface area contributed by atoms with Crippen LogP contribution in [0.2, 0.25) is 0 Å². The summed E-state index contributed by atoms with van der Waals surface area (Å²) in [6.45, 7) is 0.175. The summed E-state index contributed by atoms with van der Waals surface area (Å²) in [7, 11) is 0. The van der Waals surface area contributed by atoms with Gasteiger partial charge >= 0.3 is 5.97 Å². The summed E-state index contributed by atoms with van der Waals surface area (Å²) in [6, 6.07) is 38.0. The molecule has 4 unspecified atom stereocenters. The van der Waals surface area contributed by atoms with Gasteiger partial charge in [0.25, 0.3) is 0 Å². The number of anilines is 1. The second-order valence-electron chi connectivity index (χ2n) is 16.4. The van der Waals surface area contributed by atoms with Crippen LogP contribution in [-0.4, -0.2) is 77.2 Å². The van der Waals surface area contributed by atoms with Crippen molar-refractivity contribution in [2.45, 2.75) is 88.4 Å². The van der Waals surface area contributed by atoms with Gasteiger partial charge in [-0.1, -0.05) is 127 Å². The molecule has 0 radical (unpaired) electrons. The third kappa shape index (κ3) is 15.3. The summed E-state index contributed by atoms with van der Waals surface area (Å²) >= 11 is 0. The first-order valence-electron chi connectivity index (χ1n) is 22.3. The van der Waals surface area contributed by atoms with Gasteiger partial charge in [-0.15, -0.1) is 0 Å². The summed E-state index contributed by atoms with van der Waals surface area (Å²) in [5, 5.41) is 26.1. The lowest BCUT2D eigenvalue weighted by molar-refractivity contribution is -0.137. The molecule has 7 N–H and O–H groups in total. The molecule has 0 aromatic heterocycles. The average molecular weight is 893 g/mol. The lowest BCUT2D eigenvalue weighted by Crippen LogP contribution is -2.59. The SMILES string of the molecule is O=C(O)CCCCNC(=O)C1Cc2ccc(cc2)NC(=O)CCC(=O)NC(Cc2ccccc2)C(=O)NC(Cc2ccc(-c3ccccc3)cc2)C(=O)NC(CCc2ccccc2)C(=O)N1. The number of hydrogen-bond acceptors (Lipinski definition) is 7. The van der Waals surface area contributed by atoms with Crippen molar-refractivity contribution in [2.24, 2.45) is 0 Å². The van der Waals surface area contributed by atoms with Gasteiger partial charge in [-0.25, -0.2) is 0 Å². The maximum atomic E-state index is 14.7. The number of fused-ring (bicyclic) bond motifs is 18. The van der Waals surface area contributed by atoms with E-state index >= 15 is 0 Å². The van der Waals surface area contributed by atoms with E-state index in [2.05, 4.69) is 31.9 Å². The van der Waals surface area contributed by atoms with Gasteiger partial charge in [0.2, 0.25) is 35.4 Å². The molecule has 0 saturated heterocycles. The Kier molecular flexibility index (Phi) is 17.7. The Morgan fingerprint density at radius 2 is 1.08 bits per heavy atom. The van der Waals surface area contributed by atoms with E-state index in [4.69, 9.17) is 5.11 Å². The highest BCUT2D eigenvalue weighted by Crippen LogP contribution is 2.20. The Balaban J connectivity index is 1.34. The molecule has 2 bridgehead atoms. The lowest BCUT2D eigenvalue weighted by atomic mass is 9.98. The van der Waals surface area contributed by atoms with Gasteiger partial charge in [0.05, 0.1) is 0 Å². The van der Waals surface area contributed by atoms with Crippen LogP contribution in [0, 0.1) is 0 Å². The smallest absolute Gasteiger partial charge is 0.303 e. The average Bonchev–Trinajstić information content (AvgIpc) is 3.32. The highest BCUT2D eigenvalue weighted by atomic mass is 16.4. The highest BCUT2D eigenvalue weighted by Gasteiger charge is 2.32. The van der Waals surface area contributed by atoms with E-state index in [0.717, 1.165) is 22.3 Å². The number of carboxylic acids is 1. The first-order chi connectivity index (χ1) is 32.0. The fourth-order valence-electron chi connectivity index (χ4n) is 7.63. The number of rotatable bonds is 14. The molecule has 66 heavy (non-hydrogen) atoms. The number of aryl methyl sites for hydroxylation is 1. The first-order valence-corrected chi connectivity index (χ1v) is 22.3. The molecule has 4 atom stereocenters. The second-order valence-corrected chi connectivity index (χ2v) is 16.4. The van der Waals surface area contributed by atoms with E-state index in [0.29, 0.717) is 36.1 Å². The maximum Gasteiger partial charge on any atom is 0.303 e. The molecule has 0 saturated carbocycles. The molecule has 2 aliphatic heterocycles. The zero-order valence-corrected chi connectivity index (χ0v) is 36.7. The monoisotopic (exact) mass is 892 g/mol. The minimum atomic E-state index is -1.23. The van der Waals surface area contributed by atoms with Crippen LogP contribution in [0.4, 0.5) is 5.69 Å². The predicted molar refractivity (Wildman–Crippen MR) is 251 cm³/mol. The molecule has 6 amide bonds. The minimum Gasteiger partial charge on any atom is -0.481 e. The quantitative estimate of drug-likeness (QED) is 0.0591.